The largest absolute Gasteiger partial charge is 0.337 e. The first-order chi connectivity index (χ1) is 12.9. The number of halogens is 1. The number of nitrogens with one attached hydrogen (secondary N) is 1. The molecule has 2 aromatic carbocycles. The SMILES string of the molecule is Cc1ccc2nc(Nc3ccc(C)c(Cl)c3)c(-n3nc(C)cc3C)nc2c1. The van der Waals surface area contributed by atoms with Gasteiger partial charge in [-0.2, -0.15) is 5.10 Å². The summed E-state index contributed by atoms with van der Waals surface area (Å²) in [6, 6.07) is 13.9. The quantitative estimate of drug-likeness (QED) is 0.516. The Morgan fingerprint density at radius 3 is 2.41 bits per heavy atom. The van der Waals surface area contributed by atoms with Gasteiger partial charge in [-0.1, -0.05) is 23.7 Å². The van der Waals surface area contributed by atoms with Crippen molar-refractivity contribution in [2.45, 2.75) is 27.7 Å². The van der Waals surface area contributed by atoms with Gasteiger partial charge in [-0.05, 0) is 69.2 Å². The molecule has 136 valence electrons. The van der Waals surface area contributed by atoms with Crippen LogP contribution in [-0.2, 0) is 0 Å². The van der Waals surface area contributed by atoms with Crippen molar-refractivity contribution < 1.29 is 0 Å². The minimum Gasteiger partial charge on any atom is -0.337 e. The summed E-state index contributed by atoms with van der Waals surface area (Å²) in [6.07, 6.45) is 0. The number of nitrogens with zero attached hydrogens (tertiary/aromatic N) is 4. The first-order valence-corrected chi connectivity index (χ1v) is 9.14. The summed E-state index contributed by atoms with van der Waals surface area (Å²) >= 11 is 6.28. The minimum atomic E-state index is 0.637. The third-order valence-electron chi connectivity index (χ3n) is 4.45. The molecule has 4 aromatic rings. The normalized spacial score (nSPS) is 11.1. The van der Waals surface area contributed by atoms with Crippen molar-refractivity contribution in [1.29, 1.82) is 0 Å². The van der Waals surface area contributed by atoms with E-state index in [1.165, 1.54) is 0 Å². The number of aryl methyl sites for hydroxylation is 4. The van der Waals surface area contributed by atoms with Gasteiger partial charge < -0.3 is 5.32 Å². The van der Waals surface area contributed by atoms with Crippen molar-refractivity contribution in [2.75, 3.05) is 5.32 Å². The summed E-state index contributed by atoms with van der Waals surface area (Å²) in [5, 5.41) is 8.66. The second-order valence-electron chi connectivity index (χ2n) is 6.82. The maximum Gasteiger partial charge on any atom is 0.197 e. The fourth-order valence-electron chi connectivity index (χ4n) is 3.04. The molecule has 0 saturated heterocycles. The van der Waals surface area contributed by atoms with E-state index in [0.29, 0.717) is 16.7 Å². The Morgan fingerprint density at radius 2 is 1.70 bits per heavy atom. The first kappa shape index (κ1) is 17.5. The van der Waals surface area contributed by atoms with Crippen LogP contribution in [0.15, 0.2) is 42.5 Å². The number of hydrogen-bond acceptors (Lipinski definition) is 4. The molecule has 0 fully saturated rings. The summed E-state index contributed by atoms with van der Waals surface area (Å²) in [6.45, 7) is 8.00. The van der Waals surface area contributed by atoms with Gasteiger partial charge in [-0.15, -0.1) is 0 Å². The molecule has 0 radical (unpaired) electrons. The molecule has 4 rings (SSSR count). The zero-order valence-electron chi connectivity index (χ0n) is 15.7. The van der Waals surface area contributed by atoms with Crippen molar-refractivity contribution in [3.05, 3.63) is 70.0 Å². The van der Waals surface area contributed by atoms with E-state index in [-0.39, 0.29) is 0 Å². The lowest BCUT2D eigenvalue weighted by molar-refractivity contribution is 0.808. The number of aromatic nitrogens is 4. The highest BCUT2D eigenvalue weighted by atomic mass is 35.5. The van der Waals surface area contributed by atoms with Crippen molar-refractivity contribution in [2.24, 2.45) is 0 Å². The maximum absolute atomic E-state index is 6.28. The highest BCUT2D eigenvalue weighted by Gasteiger charge is 2.15. The van der Waals surface area contributed by atoms with Crippen LogP contribution < -0.4 is 5.32 Å². The van der Waals surface area contributed by atoms with Crippen molar-refractivity contribution >= 4 is 34.1 Å². The molecule has 27 heavy (non-hydrogen) atoms. The molecule has 1 N–H and O–H groups in total. The van der Waals surface area contributed by atoms with Gasteiger partial charge in [0.05, 0.1) is 16.7 Å². The average Bonchev–Trinajstić information content (AvgIpc) is 2.96. The molecule has 0 bridgehead atoms. The van der Waals surface area contributed by atoms with Crippen LogP contribution in [0.25, 0.3) is 16.9 Å². The van der Waals surface area contributed by atoms with Gasteiger partial charge in [0, 0.05) is 16.4 Å². The average molecular weight is 378 g/mol. The zero-order chi connectivity index (χ0) is 19.1. The molecular weight excluding hydrogens is 358 g/mol. The second kappa shape index (κ2) is 6.67. The van der Waals surface area contributed by atoms with Crippen molar-refractivity contribution in [1.82, 2.24) is 19.7 Å². The predicted molar refractivity (Wildman–Crippen MR) is 110 cm³/mol. The maximum atomic E-state index is 6.28. The Labute approximate surface area is 163 Å². The van der Waals surface area contributed by atoms with Gasteiger partial charge in [0.25, 0.3) is 0 Å². The smallest absolute Gasteiger partial charge is 0.197 e. The molecule has 0 aliphatic rings. The van der Waals surface area contributed by atoms with E-state index >= 15 is 0 Å². The van der Waals surface area contributed by atoms with Gasteiger partial charge >= 0.3 is 0 Å². The first-order valence-electron chi connectivity index (χ1n) is 8.76. The van der Waals surface area contributed by atoms with Crippen molar-refractivity contribution in [3.8, 4) is 5.82 Å². The van der Waals surface area contributed by atoms with Crippen LogP contribution in [0, 0.1) is 27.7 Å². The van der Waals surface area contributed by atoms with Crippen LogP contribution in [0.2, 0.25) is 5.02 Å². The van der Waals surface area contributed by atoms with Gasteiger partial charge in [0.15, 0.2) is 11.6 Å². The molecule has 0 spiro atoms. The van der Waals surface area contributed by atoms with Crippen LogP contribution >= 0.6 is 11.6 Å². The van der Waals surface area contributed by atoms with E-state index in [1.54, 1.807) is 0 Å². The highest BCUT2D eigenvalue weighted by molar-refractivity contribution is 6.31. The van der Waals surface area contributed by atoms with Crippen molar-refractivity contribution in [3.63, 3.8) is 0 Å². The summed E-state index contributed by atoms with van der Waals surface area (Å²) in [5.41, 5.74) is 6.62. The highest BCUT2D eigenvalue weighted by Crippen LogP contribution is 2.27. The van der Waals surface area contributed by atoms with Gasteiger partial charge in [-0.25, -0.2) is 14.6 Å². The van der Waals surface area contributed by atoms with E-state index in [9.17, 15) is 0 Å². The number of anilines is 2. The summed E-state index contributed by atoms with van der Waals surface area (Å²) in [4.78, 5) is 9.67. The summed E-state index contributed by atoms with van der Waals surface area (Å²) in [7, 11) is 0. The molecule has 0 unspecified atom stereocenters. The molecule has 2 heterocycles. The predicted octanol–water partition coefficient (Wildman–Crippen LogP) is 5.45. The molecule has 0 aliphatic carbocycles. The molecular formula is C21H20ClN5. The Bertz CT molecular complexity index is 1160. The standard InChI is InChI=1S/C21H20ClN5/c1-12-5-8-18-19(9-12)25-21(27-15(4)10-14(3)26-27)20(24-18)23-16-7-6-13(2)17(22)11-16/h5-11H,1-4H3,(H,23,24). The Kier molecular flexibility index (Phi) is 4.32. The monoisotopic (exact) mass is 377 g/mol. The molecule has 2 aromatic heterocycles. The Hall–Kier alpha value is -2.92. The Morgan fingerprint density at radius 1 is 0.889 bits per heavy atom. The van der Waals surface area contributed by atoms with Crippen LogP contribution in [0.5, 0.6) is 0 Å². The summed E-state index contributed by atoms with van der Waals surface area (Å²) in [5.74, 6) is 1.30. The third kappa shape index (κ3) is 3.38. The minimum absolute atomic E-state index is 0.637. The molecule has 0 atom stereocenters. The number of benzene rings is 2. The van der Waals surface area contributed by atoms with E-state index in [1.807, 2.05) is 74.8 Å². The Balaban J connectivity index is 1.91. The fraction of sp³-hybridized carbons (Fsp3) is 0.190. The van der Waals surface area contributed by atoms with E-state index in [2.05, 4.69) is 10.4 Å². The van der Waals surface area contributed by atoms with Crippen LogP contribution in [0.3, 0.4) is 0 Å². The molecule has 0 aliphatic heterocycles. The van der Waals surface area contributed by atoms with Gasteiger partial charge in [0.2, 0.25) is 0 Å². The summed E-state index contributed by atoms with van der Waals surface area (Å²) < 4.78 is 1.82. The van der Waals surface area contributed by atoms with Gasteiger partial charge in [-0.3, -0.25) is 0 Å². The van der Waals surface area contributed by atoms with E-state index in [4.69, 9.17) is 21.6 Å². The lowest BCUT2D eigenvalue weighted by atomic mass is 10.2. The lowest BCUT2D eigenvalue weighted by Gasteiger charge is -2.14. The van der Waals surface area contributed by atoms with Crippen LogP contribution in [-0.4, -0.2) is 19.7 Å². The van der Waals surface area contributed by atoms with E-state index in [0.717, 1.165) is 39.2 Å². The third-order valence-corrected chi connectivity index (χ3v) is 4.85. The molecule has 5 nitrogen and oxygen atoms in total. The topological polar surface area (TPSA) is 55.6 Å². The molecule has 0 saturated carbocycles. The second-order valence-corrected chi connectivity index (χ2v) is 7.22. The van der Waals surface area contributed by atoms with Crippen LogP contribution in [0.1, 0.15) is 22.5 Å². The zero-order valence-corrected chi connectivity index (χ0v) is 16.5. The molecule has 0 amide bonds. The van der Waals surface area contributed by atoms with E-state index < -0.39 is 0 Å². The van der Waals surface area contributed by atoms with Crippen LogP contribution in [0.4, 0.5) is 11.5 Å². The number of rotatable bonds is 3. The fourth-order valence-corrected chi connectivity index (χ4v) is 3.22. The lowest BCUT2D eigenvalue weighted by Crippen LogP contribution is -2.09. The number of fused-ring (bicyclic) bond motifs is 1. The van der Waals surface area contributed by atoms with Gasteiger partial charge in [0.1, 0.15) is 0 Å². The number of hydrogen-bond donors (Lipinski definition) is 1. The molecule has 6 heteroatoms.